The lowest BCUT2D eigenvalue weighted by atomic mass is 9.73. The van der Waals surface area contributed by atoms with E-state index >= 15 is 0 Å². The molecule has 1 aromatic carbocycles. The Labute approximate surface area is 151 Å². The Hall–Kier alpha value is -2.83. The lowest BCUT2D eigenvalue weighted by Crippen LogP contribution is -2.31. The van der Waals surface area contributed by atoms with Crippen LogP contribution in [0.1, 0.15) is 45.2 Å². The van der Waals surface area contributed by atoms with Crippen molar-refractivity contribution in [2.45, 2.75) is 39.7 Å². The number of allylic oxidation sites excluding steroid dienone is 1. The van der Waals surface area contributed by atoms with Gasteiger partial charge in [0.15, 0.2) is 5.78 Å². The molecule has 0 saturated heterocycles. The third kappa shape index (κ3) is 2.83. The summed E-state index contributed by atoms with van der Waals surface area (Å²) < 4.78 is 10.7. The van der Waals surface area contributed by atoms with Gasteiger partial charge in [-0.25, -0.2) is 4.63 Å². The van der Waals surface area contributed by atoms with Gasteiger partial charge in [-0.1, -0.05) is 32.0 Å². The van der Waals surface area contributed by atoms with Crippen LogP contribution in [0.25, 0.3) is 0 Å². The molecule has 0 amide bonds. The molecule has 1 aliphatic heterocycles. The molecule has 7 nitrogen and oxygen atoms in total. The minimum Gasteiger partial charge on any atom is -0.494 e. The maximum Gasteiger partial charge on any atom is 0.219 e. The number of fused-ring (bicyclic) bond motifs is 1. The van der Waals surface area contributed by atoms with E-state index in [-0.39, 0.29) is 17.2 Å². The standard InChI is InChI=1S/C19H22N4O3/c1-4-25-14-8-6-5-7-11(14)16-15-12(9-19(2,3)10-13(15)24)20-17-18(21-16)23-26-22-17/h5-8,16H,4,9-10H2,1-3H3,(H,20,22)(H,21,23). The first-order chi connectivity index (χ1) is 12.5. The molecule has 0 bridgehead atoms. The van der Waals surface area contributed by atoms with E-state index in [1.165, 1.54) is 0 Å². The van der Waals surface area contributed by atoms with Gasteiger partial charge in [0.1, 0.15) is 5.75 Å². The molecule has 2 N–H and O–H groups in total. The van der Waals surface area contributed by atoms with Crippen molar-refractivity contribution in [3.05, 3.63) is 41.1 Å². The van der Waals surface area contributed by atoms with E-state index in [1.54, 1.807) is 0 Å². The van der Waals surface area contributed by atoms with Crippen LogP contribution >= 0.6 is 0 Å². The van der Waals surface area contributed by atoms with E-state index in [2.05, 4.69) is 34.8 Å². The second-order valence-corrected chi connectivity index (χ2v) is 7.47. The van der Waals surface area contributed by atoms with Crippen molar-refractivity contribution in [2.24, 2.45) is 5.41 Å². The van der Waals surface area contributed by atoms with Crippen LogP contribution in [0.15, 0.2) is 40.2 Å². The molecule has 136 valence electrons. The summed E-state index contributed by atoms with van der Waals surface area (Å²) in [6, 6.07) is 7.37. The van der Waals surface area contributed by atoms with Gasteiger partial charge in [-0.2, -0.15) is 0 Å². The Kier molecular flexibility index (Phi) is 3.94. The third-order valence-corrected chi connectivity index (χ3v) is 4.78. The highest BCUT2D eigenvalue weighted by Gasteiger charge is 2.40. The first-order valence-corrected chi connectivity index (χ1v) is 8.82. The number of para-hydroxylation sites is 1. The van der Waals surface area contributed by atoms with Crippen molar-refractivity contribution < 1.29 is 14.2 Å². The maximum absolute atomic E-state index is 13.1. The topological polar surface area (TPSA) is 89.3 Å². The molecule has 2 aromatic rings. The van der Waals surface area contributed by atoms with Gasteiger partial charge in [-0.15, -0.1) is 0 Å². The lowest BCUT2D eigenvalue weighted by molar-refractivity contribution is -0.118. The Morgan fingerprint density at radius 3 is 2.81 bits per heavy atom. The second-order valence-electron chi connectivity index (χ2n) is 7.47. The predicted molar refractivity (Wildman–Crippen MR) is 96.9 cm³/mol. The van der Waals surface area contributed by atoms with Crippen molar-refractivity contribution in [1.82, 2.24) is 10.3 Å². The fraction of sp³-hybridized carbons (Fsp3) is 0.421. The Bertz CT molecular complexity index is 884. The first kappa shape index (κ1) is 16.6. The van der Waals surface area contributed by atoms with Gasteiger partial charge in [-0.3, -0.25) is 4.79 Å². The molecule has 1 atom stereocenters. The van der Waals surface area contributed by atoms with Gasteiger partial charge in [0.25, 0.3) is 0 Å². The summed E-state index contributed by atoms with van der Waals surface area (Å²) in [5.41, 5.74) is 2.36. The van der Waals surface area contributed by atoms with E-state index in [0.29, 0.717) is 24.7 Å². The Morgan fingerprint density at radius 1 is 1.23 bits per heavy atom. The smallest absolute Gasteiger partial charge is 0.219 e. The highest BCUT2D eigenvalue weighted by atomic mass is 16.6. The lowest BCUT2D eigenvalue weighted by Gasteiger charge is -2.34. The molecule has 7 heteroatoms. The number of carbonyl (C=O) groups excluding carboxylic acids is 1. The van der Waals surface area contributed by atoms with Crippen LogP contribution in [0, 0.1) is 5.41 Å². The van der Waals surface area contributed by atoms with Gasteiger partial charge in [-0.05, 0) is 35.1 Å². The summed E-state index contributed by atoms with van der Waals surface area (Å²) in [7, 11) is 0. The summed E-state index contributed by atoms with van der Waals surface area (Å²) in [4.78, 5) is 13.1. The van der Waals surface area contributed by atoms with Crippen LogP contribution in [0.4, 0.5) is 11.6 Å². The Balaban J connectivity index is 1.88. The number of anilines is 2. The van der Waals surface area contributed by atoms with Gasteiger partial charge in [0.2, 0.25) is 11.6 Å². The summed E-state index contributed by atoms with van der Waals surface area (Å²) in [6.45, 7) is 6.68. The van der Waals surface area contributed by atoms with Crippen molar-refractivity contribution in [3.8, 4) is 5.75 Å². The average Bonchev–Trinajstić information content (AvgIpc) is 2.94. The molecule has 0 saturated carbocycles. The van der Waals surface area contributed by atoms with Crippen molar-refractivity contribution in [1.29, 1.82) is 0 Å². The van der Waals surface area contributed by atoms with Crippen LogP contribution in [-0.2, 0) is 4.79 Å². The molecule has 0 radical (unpaired) electrons. The van der Waals surface area contributed by atoms with Crippen LogP contribution in [0.3, 0.4) is 0 Å². The fourth-order valence-electron chi connectivity index (χ4n) is 3.74. The first-order valence-electron chi connectivity index (χ1n) is 8.82. The number of nitrogens with one attached hydrogen (secondary N) is 2. The largest absolute Gasteiger partial charge is 0.494 e. The molecule has 0 fully saturated rings. The second kappa shape index (κ2) is 6.16. The maximum atomic E-state index is 13.1. The molecule has 2 heterocycles. The number of nitrogens with zero attached hydrogens (tertiary/aromatic N) is 2. The zero-order valence-corrected chi connectivity index (χ0v) is 15.1. The number of carbonyl (C=O) groups is 1. The van der Waals surface area contributed by atoms with E-state index in [9.17, 15) is 4.79 Å². The van der Waals surface area contributed by atoms with Crippen molar-refractivity contribution >= 4 is 17.4 Å². The van der Waals surface area contributed by atoms with Crippen LogP contribution < -0.4 is 15.4 Å². The number of rotatable bonds is 3. The van der Waals surface area contributed by atoms with Crippen LogP contribution in [-0.4, -0.2) is 22.7 Å². The zero-order chi connectivity index (χ0) is 18.3. The molecular weight excluding hydrogens is 332 g/mol. The van der Waals surface area contributed by atoms with E-state index in [1.807, 2.05) is 31.2 Å². The van der Waals surface area contributed by atoms with Crippen LogP contribution in [0.2, 0.25) is 0 Å². The van der Waals surface area contributed by atoms with Gasteiger partial charge in [0, 0.05) is 23.3 Å². The van der Waals surface area contributed by atoms with Crippen LogP contribution in [0.5, 0.6) is 5.75 Å². The molecule has 1 aliphatic carbocycles. The fourth-order valence-corrected chi connectivity index (χ4v) is 3.74. The van der Waals surface area contributed by atoms with E-state index < -0.39 is 0 Å². The number of benzene rings is 1. The van der Waals surface area contributed by atoms with Gasteiger partial charge >= 0.3 is 0 Å². The number of ether oxygens (including phenoxy) is 1. The number of hydrogen-bond acceptors (Lipinski definition) is 7. The van der Waals surface area contributed by atoms with E-state index in [4.69, 9.17) is 9.37 Å². The number of Topliss-reactive ketones (excluding diaryl/α,β-unsaturated/α-hetero) is 1. The minimum absolute atomic E-state index is 0.116. The minimum atomic E-state index is -0.378. The van der Waals surface area contributed by atoms with E-state index in [0.717, 1.165) is 29.0 Å². The zero-order valence-electron chi connectivity index (χ0n) is 15.1. The number of hydrogen-bond donors (Lipinski definition) is 2. The quantitative estimate of drug-likeness (QED) is 0.869. The predicted octanol–water partition coefficient (Wildman–Crippen LogP) is 3.69. The number of ketones is 1. The Morgan fingerprint density at radius 2 is 2.00 bits per heavy atom. The summed E-state index contributed by atoms with van der Waals surface area (Å²) in [6.07, 6.45) is 1.24. The summed E-state index contributed by atoms with van der Waals surface area (Å²) in [5, 5.41) is 14.5. The van der Waals surface area contributed by atoms with Crippen molar-refractivity contribution in [2.75, 3.05) is 17.2 Å². The molecular formula is C19H22N4O3. The highest BCUT2D eigenvalue weighted by Crippen LogP contribution is 2.46. The molecule has 4 rings (SSSR count). The average molecular weight is 354 g/mol. The highest BCUT2D eigenvalue weighted by molar-refractivity contribution is 6.00. The van der Waals surface area contributed by atoms with Crippen molar-refractivity contribution in [3.63, 3.8) is 0 Å². The monoisotopic (exact) mass is 354 g/mol. The van der Waals surface area contributed by atoms with Gasteiger partial charge < -0.3 is 15.4 Å². The molecule has 1 aromatic heterocycles. The number of aromatic nitrogens is 2. The molecule has 1 unspecified atom stereocenters. The summed E-state index contributed by atoms with van der Waals surface area (Å²) in [5.74, 6) is 1.85. The molecule has 26 heavy (non-hydrogen) atoms. The van der Waals surface area contributed by atoms with Gasteiger partial charge in [0.05, 0.1) is 12.6 Å². The normalized spacial score (nSPS) is 21.2. The molecule has 0 spiro atoms. The SMILES string of the molecule is CCOc1ccccc1C1Nc2nonc2NC2=C1C(=O)CC(C)(C)C2. The summed E-state index contributed by atoms with van der Waals surface area (Å²) >= 11 is 0. The third-order valence-electron chi connectivity index (χ3n) is 4.78. The molecule has 2 aliphatic rings.